The van der Waals surface area contributed by atoms with Crippen LogP contribution < -0.4 is 14.9 Å². The molecular formula is C21H18ClNO4. The number of rotatable bonds is 4. The maximum Gasteiger partial charge on any atom is 0.196 e. The number of halogens is 1. The van der Waals surface area contributed by atoms with Crippen LogP contribution in [0.1, 0.15) is 11.1 Å². The normalized spacial score (nSPS) is 10.6. The maximum atomic E-state index is 12.8. The number of aromatic nitrogens is 1. The number of nitrogens with zero attached hydrogens (tertiary/aromatic N) is 1. The van der Waals surface area contributed by atoms with Gasteiger partial charge in [-0.2, -0.15) is 0 Å². The third-order valence-electron chi connectivity index (χ3n) is 4.48. The predicted molar refractivity (Wildman–Crippen MR) is 107 cm³/mol. The van der Waals surface area contributed by atoms with Crippen molar-refractivity contribution in [2.45, 2.75) is 6.42 Å². The summed E-state index contributed by atoms with van der Waals surface area (Å²) >= 11 is 0. The fourth-order valence-electron chi connectivity index (χ4n) is 3.14. The molecule has 0 aliphatic rings. The van der Waals surface area contributed by atoms with Crippen molar-refractivity contribution in [1.29, 1.82) is 0 Å². The van der Waals surface area contributed by atoms with Gasteiger partial charge >= 0.3 is 0 Å². The minimum Gasteiger partial charge on any atom is -0.493 e. The Morgan fingerprint density at radius 3 is 2.48 bits per heavy atom. The Bertz CT molecular complexity index is 1170. The van der Waals surface area contributed by atoms with Crippen LogP contribution in [0.4, 0.5) is 0 Å². The number of fused-ring (bicyclic) bond motifs is 2. The summed E-state index contributed by atoms with van der Waals surface area (Å²) in [4.78, 5) is 17.1. The number of ether oxygens (including phenoxy) is 2. The van der Waals surface area contributed by atoms with Gasteiger partial charge in [-0.1, -0.05) is 12.1 Å². The van der Waals surface area contributed by atoms with Crippen molar-refractivity contribution in [3.05, 3.63) is 76.4 Å². The summed E-state index contributed by atoms with van der Waals surface area (Å²) < 4.78 is 16.4. The van der Waals surface area contributed by atoms with Gasteiger partial charge in [-0.15, -0.1) is 12.4 Å². The number of hydrogen-bond acceptors (Lipinski definition) is 5. The quantitative estimate of drug-likeness (QED) is 0.523. The molecule has 2 aromatic heterocycles. The Kier molecular flexibility index (Phi) is 5.33. The zero-order chi connectivity index (χ0) is 18.1. The van der Waals surface area contributed by atoms with Gasteiger partial charge in [-0.05, 0) is 35.2 Å². The van der Waals surface area contributed by atoms with Gasteiger partial charge in [-0.3, -0.25) is 9.78 Å². The smallest absolute Gasteiger partial charge is 0.196 e. The Morgan fingerprint density at radius 2 is 1.70 bits per heavy atom. The molecule has 2 aromatic carbocycles. The number of methoxy groups -OCH3 is 2. The van der Waals surface area contributed by atoms with E-state index in [9.17, 15) is 4.79 Å². The Morgan fingerprint density at radius 1 is 0.963 bits per heavy atom. The molecule has 2 heterocycles. The van der Waals surface area contributed by atoms with Crippen molar-refractivity contribution in [3.8, 4) is 11.5 Å². The second kappa shape index (κ2) is 7.68. The van der Waals surface area contributed by atoms with E-state index in [0.29, 0.717) is 34.5 Å². The molecule has 0 aliphatic carbocycles. The van der Waals surface area contributed by atoms with Crippen LogP contribution in [0.2, 0.25) is 0 Å². The molecule has 4 rings (SSSR count). The molecule has 0 saturated heterocycles. The van der Waals surface area contributed by atoms with Crippen LogP contribution >= 0.6 is 12.4 Å². The Balaban J connectivity index is 0.00000210. The van der Waals surface area contributed by atoms with Crippen LogP contribution in [0, 0.1) is 0 Å². The van der Waals surface area contributed by atoms with Crippen molar-refractivity contribution >= 4 is 34.1 Å². The number of para-hydroxylation sites is 1. The lowest BCUT2D eigenvalue weighted by molar-refractivity contribution is 0.356. The lowest BCUT2D eigenvalue weighted by Gasteiger charge is -2.11. The van der Waals surface area contributed by atoms with Gasteiger partial charge in [0.25, 0.3) is 0 Å². The topological polar surface area (TPSA) is 61.6 Å². The number of pyridine rings is 1. The van der Waals surface area contributed by atoms with Gasteiger partial charge in [0.1, 0.15) is 5.58 Å². The highest BCUT2D eigenvalue weighted by Gasteiger charge is 2.12. The highest BCUT2D eigenvalue weighted by atomic mass is 35.5. The van der Waals surface area contributed by atoms with E-state index in [0.717, 1.165) is 16.3 Å². The van der Waals surface area contributed by atoms with Crippen molar-refractivity contribution in [1.82, 2.24) is 4.98 Å². The molecule has 27 heavy (non-hydrogen) atoms. The molecule has 6 heteroatoms. The minimum atomic E-state index is -0.0238. The highest BCUT2D eigenvalue weighted by Crippen LogP contribution is 2.33. The number of hydrogen-bond donors (Lipinski definition) is 0. The summed E-state index contributed by atoms with van der Waals surface area (Å²) in [6.07, 6.45) is 5.49. The van der Waals surface area contributed by atoms with E-state index in [2.05, 4.69) is 4.98 Å². The molecule has 0 aliphatic heterocycles. The lowest BCUT2D eigenvalue weighted by atomic mass is 10.0. The van der Waals surface area contributed by atoms with E-state index in [4.69, 9.17) is 13.9 Å². The fraction of sp³-hybridized carbons (Fsp3) is 0.143. The van der Waals surface area contributed by atoms with Crippen LogP contribution in [0.5, 0.6) is 11.5 Å². The maximum absolute atomic E-state index is 12.8. The van der Waals surface area contributed by atoms with Crippen molar-refractivity contribution in [2.24, 2.45) is 0 Å². The van der Waals surface area contributed by atoms with E-state index in [-0.39, 0.29) is 17.8 Å². The predicted octanol–water partition coefficient (Wildman–Crippen LogP) is 4.37. The zero-order valence-corrected chi connectivity index (χ0v) is 15.7. The molecule has 5 nitrogen and oxygen atoms in total. The molecule has 0 saturated carbocycles. The number of benzene rings is 2. The first kappa shape index (κ1) is 18.7. The van der Waals surface area contributed by atoms with Crippen molar-refractivity contribution in [3.63, 3.8) is 0 Å². The van der Waals surface area contributed by atoms with E-state index in [1.807, 2.05) is 24.3 Å². The SMILES string of the molecule is COc1cc2cncc(Cc3coc4ccccc4c3=O)c2cc1OC.Cl. The summed E-state index contributed by atoms with van der Waals surface area (Å²) in [5.41, 5.74) is 2.08. The standard InChI is InChI=1S/C21H17NO4.ClH/c1-24-19-8-14-11-22-10-13(17(14)9-20(19)25-2)7-15-12-26-18-6-4-3-5-16(18)21(15)23;/h3-6,8-12H,7H2,1-2H3;1H. The molecule has 0 atom stereocenters. The molecular weight excluding hydrogens is 366 g/mol. The molecule has 0 unspecified atom stereocenters. The van der Waals surface area contributed by atoms with Crippen LogP contribution in [0.3, 0.4) is 0 Å². The average Bonchev–Trinajstić information content (AvgIpc) is 2.69. The molecule has 0 bridgehead atoms. The second-order valence-corrected chi connectivity index (χ2v) is 5.99. The Labute approximate surface area is 162 Å². The third kappa shape index (κ3) is 3.34. The summed E-state index contributed by atoms with van der Waals surface area (Å²) in [5.74, 6) is 1.28. The van der Waals surface area contributed by atoms with Crippen molar-refractivity contribution in [2.75, 3.05) is 14.2 Å². The van der Waals surface area contributed by atoms with E-state index in [1.165, 1.54) is 6.26 Å². The summed E-state index contributed by atoms with van der Waals surface area (Å²) in [6, 6.07) is 11.0. The minimum absolute atomic E-state index is 0. The molecule has 4 aromatic rings. The van der Waals surface area contributed by atoms with E-state index < -0.39 is 0 Å². The van der Waals surface area contributed by atoms with E-state index >= 15 is 0 Å². The van der Waals surface area contributed by atoms with Gasteiger partial charge in [0.2, 0.25) is 0 Å². The fourth-order valence-corrected chi connectivity index (χ4v) is 3.14. The molecule has 0 spiro atoms. The van der Waals surface area contributed by atoms with Crippen LogP contribution in [0.15, 0.2) is 64.3 Å². The molecule has 138 valence electrons. The molecule has 0 radical (unpaired) electrons. The second-order valence-electron chi connectivity index (χ2n) is 5.99. The largest absolute Gasteiger partial charge is 0.493 e. The van der Waals surface area contributed by atoms with Gasteiger partial charge in [-0.25, -0.2) is 0 Å². The van der Waals surface area contributed by atoms with Gasteiger partial charge in [0.15, 0.2) is 16.9 Å². The lowest BCUT2D eigenvalue weighted by Crippen LogP contribution is -2.09. The third-order valence-corrected chi connectivity index (χ3v) is 4.48. The Hall–Kier alpha value is -3.05. The van der Waals surface area contributed by atoms with E-state index in [1.54, 1.807) is 38.7 Å². The molecule has 0 amide bonds. The van der Waals surface area contributed by atoms with Crippen LogP contribution in [-0.4, -0.2) is 19.2 Å². The monoisotopic (exact) mass is 383 g/mol. The summed E-state index contributed by atoms with van der Waals surface area (Å²) in [6.45, 7) is 0. The summed E-state index contributed by atoms with van der Waals surface area (Å²) in [5, 5.41) is 2.47. The van der Waals surface area contributed by atoms with Crippen molar-refractivity contribution < 1.29 is 13.9 Å². The molecule has 0 N–H and O–H groups in total. The van der Waals surface area contributed by atoms with Gasteiger partial charge < -0.3 is 13.9 Å². The van der Waals surface area contributed by atoms with Gasteiger partial charge in [0.05, 0.1) is 25.9 Å². The first-order valence-electron chi connectivity index (χ1n) is 8.19. The summed E-state index contributed by atoms with van der Waals surface area (Å²) in [7, 11) is 3.20. The first-order valence-corrected chi connectivity index (χ1v) is 8.19. The van der Waals surface area contributed by atoms with Crippen LogP contribution in [0.25, 0.3) is 21.7 Å². The average molecular weight is 384 g/mol. The van der Waals surface area contributed by atoms with Gasteiger partial charge in [0, 0.05) is 29.8 Å². The first-order chi connectivity index (χ1) is 12.7. The van der Waals surface area contributed by atoms with Crippen LogP contribution in [-0.2, 0) is 6.42 Å². The zero-order valence-electron chi connectivity index (χ0n) is 14.9. The highest BCUT2D eigenvalue weighted by molar-refractivity contribution is 5.88. The molecule has 0 fully saturated rings.